The highest BCUT2D eigenvalue weighted by Crippen LogP contribution is 2.19. The second-order valence-corrected chi connectivity index (χ2v) is 8.88. The molecule has 2 saturated heterocycles. The summed E-state index contributed by atoms with van der Waals surface area (Å²) in [5.41, 5.74) is 5.25. The lowest BCUT2D eigenvalue weighted by atomic mass is 10.1. The van der Waals surface area contributed by atoms with Crippen LogP contribution >= 0.6 is 0 Å². The van der Waals surface area contributed by atoms with Crippen LogP contribution in [0.15, 0.2) is 85.1 Å². The van der Waals surface area contributed by atoms with Gasteiger partial charge >= 0.3 is 0 Å². The number of carbonyl (C=O) groups is 1. The van der Waals surface area contributed by atoms with Crippen molar-refractivity contribution in [2.75, 3.05) is 25.3 Å². The second-order valence-electron chi connectivity index (χ2n) is 8.88. The Kier molecular flexibility index (Phi) is 7.76. The smallest absolute Gasteiger partial charge is 0.248 e. The SMILES string of the molecule is O=C(/C=C/c1ccc(CC2CO2)cc1)Nc1ccc(OCO/C=C/c2ccc(CC3CO3)cc2)cc1. The van der Waals surface area contributed by atoms with Gasteiger partial charge in [-0.1, -0.05) is 48.5 Å². The topological polar surface area (TPSA) is 72.6 Å². The van der Waals surface area contributed by atoms with Gasteiger partial charge in [-0.15, -0.1) is 0 Å². The minimum Gasteiger partial charge on any atom is -0.465 e. The Labute approximate surface area is 211 Å². The number of benzene rings is 3. The molecule has 184 valence electrons. The number of hydrogen-bond acceptors (Lipinski definition) is 5. The van der Waals surface area contributed by atoms with Gasteiger partial charge in [-0.25, -0.2) is 0 Å². The molecule has 2 aliphatic rings. The first kappa shape index (κ1) is 23.9. The maximum atomic E-state index is 12.2. The highest BCUT2D eigenvalue weighted by molar-refractivity contribution is 6.01. The third-order valence-corrected chi connectivity index (χ3v) is 5.89. The van der Waals surface area contributed by atoms with Crippen LogP contribution in [0.5, 0.6) is 5.75 Å². The molecule has 1 amide bonds. The Hall–Kier alpha value is -3.87. The Morgan fingerprint density at radius 3 is 1.92 bits per heavy atom. The molecule has 2 atom stereocenters. The van der Waals surface area contributed by atoms with Crippen molar-refractivity contribution >= 4 is 23.7 Å². The molecule has 0 aliphatic carbocycles. The Bertz CT molecular complexity index is 1190. The van der Waals surface area contributed by atoms with E-state index in [1.165, 1.54) is 17.2 Å². The van der Waals surface area contributed by atoms with E-state index in [0.717, 1.165) is 37.2 Å². The lowest BCUT2D eigenvalue weighted by Crippen LogP contribution is -2.07. The molecule has 0 radical (unpaired) electrons. The quantitative estimate of drug-likeness (QED) is 0.125. The van der Waals surface area contributed by atoms with Crippen molar-refractivity contribution in [3.05, 3.63) is 107 Å². The summed E-state index contributed by atoms with van der Waals surface area (Å²) in [6.45, 7) is 1.82. The second kappa shape index (κ2) is 11.7. The van der Waals surface area contributed by atoms with Crippen LogP contribution in [-0.4, -0.2) is 38.1 Å². The van der Waals surface area contributed by atoms with E-state index in [1.54, 1.807) is 36.6 Å². The molecule has 1 N–H and O–H groups in total. The highest BCUT2D eigenvalue weighted by atomic mass is 16.7. The van der Waals surface area contributed by atoms with Crippen LogP contribution in [0, 0.1) is 0 Å². The summed E-state index contributed by atoms with van der Waals surface area (Å²) < 4.78 is 21.5. The molecular formula is C30H29NO5. The van der Waals surface area contributed by atoms with Gasteiger partial charge in [0.15, 0.2) is 0 Å². The Morgan fingerprint density at radius 1 is 0.806 bits per heavy atom. The first-order valence-electron chi connectivity index (χ1n) is 12.1. The fourth-order valence-electron chi connectivity index (χ4n) is 3.69. The largest absolute Gasteiger partial charge is 0.465 e. The number of nitrogens with one attached hydrogen (secondary N) is 1. The minimum atomic E-state index is -0.193. The molecule has 3 aromatic carbocycles. The summed E-state index contributed by atoms with van der Waals surface area (Å²) >= 11 is 0. The summed E-state index contributed by atoms with van der Waals surface area (Å²) in [5, 5.41) is 2.85. The van der Waals surface area contributed by atoms with E-state index in [4.69, 9.17) is 18.9 Å². The molecule has 36 heavy (non-hydrogen) atoms. The van der Waals surface area contributed by atoms with Crippen molar-refractivity contribution < 1.29 is 23.7 Å². The third kappa shape index (κ3) is 7.83. The maximum Gasteiger partial charge on any atom is 0.248 e. The summed E-state index contributed by atoms with van der Waals surface area (Å²) in [6.07, 6.45) is 9.53. The number of epoxide rings is 2. The van der Waals surface area contributed by atoms with Crippen molar-refractivity contribution in [1.29, 1.82) is 0 Å². The lowest BCUT2D eigenvalue weighted by Gasteiger charge is -2.07. The van der Waals surface area contributed by atoms with E-state index in [0.29, 0.717) is 23.6 Å². The van der Waals surface area contributed by atoms with Crippen LogP contribution in [0.4, 0.5) is 5.69 Å². The van der Waals surface area contributed by atoms with Crippen molar-refractivity contribution in [3.8, 4) is 5.75 Å². The van der Waals surface area contributed by atoms with Crippen molar-refractivity contribution in [3.63, 3.8) is 0 Å². The van der Waals surface area contributed by atoms with Crippen molar-refractivity contribution in [2.24, 2.45) is 0 Å². The van der Waals surface area contributed by atoms with Gasteiger partial charge in [0.25, 0.3) is 0 Å². The van der Waals surface area contributed by atoms with Crippen LogP contribution in [0.25, 0.3) is 12.2 Å². The molecule has 0 saturated carbocycles. The summed E-state index contributed by atoms with van der Waals surface area (Å²) in [5.74, 6) is 0.460. The third-order valence-electron chi connectivity index (χ3n) is 5.89. The predicted molar refractivity (Wildman–Crippen MR) is 139 cm³/mol. The monoisotopic (exact) mass is 483 g/mol. The first-order chi connectivity index (χ1) is 17.7. The van der Waals surface area contributed by atoms with E-state index in [2.05, 4.69) is 41.7 Å². The average Bonchev–Trinajstić information content (AvgIpc) is 3.83. The number of hydrogen-bond donors (Lipinski definition) is 1. The number of anilines is 1. The molecule has 0 spiro atoms. The Balaban J connectivity index is 1.00. The molecule has 0 aromatic heterocycles. The molecule has 2 fully saturated rings. The van der Waals surface area contributed by atoms with Gasteiger partial charge < -0.3 is 24.3 Å². The normalized spacial score (nSPS) is 18.3. The molecule has 6 nitrogen and oxygen atoms in total. The fourth-order valence-corrected chi connectivity index (χ4v) is 3.69. The molecule has 2 aliphatic heterocycles. The van der Waals surface area contributed by atoms with E-state index in [1.807, 2.05) is 18.2 Å². The zero-order valence-corrected chi connectivity index (χ0v) is 20.0. The first-order valence-corrected chi connectivity index (χ1v) is 12.1. The van der Waals surface area contributed by atoms with Crippen LogP contribution in [0.2, 0.25) is 0 Å². The summed E-state index contributed by atoms with van der Waals surface area (Å²) in [7, 11) is 0. The van der Waals surface area contributed by atoms with Crippen LogP contribution < -0.4 is 10.1 Å². The zero-order valence-electron chi connectivity index (χ0n) is 20.0. The molecule has 2 heterocycles. The summed E-state index contributed by atoms with van der Waals surface area (Å²) in [4.78, 5) is 12.2. The minimum absolute atomic E-state index is 0.0918. The molecular weight excluding hydrogens is 454 g/mol. The van der Waals surface area contributed by atoms with Crippen LogP contribution in [-0.2, 0) is 31.8 Å². The van der Waals surface area contributed by atoms with Crippen LogP contribution in [0.3, 0.4) is 0 Å². The Morgan fingerprint density at radius 2 is 1.36 bits per heavy atom. The summed E-state index contributed by atoms with van der Waals surface area (Å²) in [6, 6.07) is 23.6. The van der Waals surface area contributed by atoms with Gasteiger partial charge in [0, 0.05) is 24.6 Å². The molecule has 6 heteroatoms. The van der Waals surface area contributed by atoms with E-state index in [9.17, 15) is 4.79 Å². The van der Waals surface area contributed by atoms with E-state index >= 15 is 0 Å². The van der Waals surface area contributed by atoms with Gasteiger partial charge in [0.1, 0.15) is 5.75 Å². The lowest BCUT2D eigenvalue weighted by molar-refractivity contribution is -0.111. The maximum absolute atomic E-state index is 12.2. The molecule has 2 unspecified atom stereocenters. The predicted octanol–water partition coefficient (Wildman–Crippen LogP) is 5.24. The van der Waals surface area contributed by atoms with E-state index in [-0.39, 0.29) is 12.7 Å². The number of carbonyl (C=O) groups excluding carboxylic acids is 1. The van der Waals surface area contributed by atoms with Gasteiger partial charge in [0.05, 0.1) is 31.7 Å². The van der Waals surface area contributed by atoms with Gasteiger partial charge in [-0.2, -0.15) is 0 Å². The molecule has 0 bridgehead atoms. The molecule has 3 aromatic rings. The number of rotatable bonds is 12. The van der Waals surface area contributed by atoms with Crippen molar-refractivity contribution in [1.82, 2.24) is 0 Å². The fraction of sp³-hybridized carbons (Fsp3) is 0.233. The standard InChI is InChI=1S/C30H29NO5/c32-30(14-9-22-1-5-24(6-2-22)17-28-19-34-28)31-26-10-12-27(13-11-26)36-21-33-16-15-23-3-7-25(8-4-23)18-29-20-35-29/h1-16,28-29H,17-21H2,(H,31,32)/b14-9+,16-15+. The molecule has 5 rings (SSSR count). The van der Waals surface area contributed by atoms with Crippen molar-refractivity contribution in [2.45, 2.75) is 25.0 Å². The van der Waals surface area contributed by atoms with Gasteiger partial charge in [0.2, 0.25) is 12.7 Å². The highest BCUT2D eigenvalue weighted by Gasteiger charge is 2.22. The van der Waals surface area contributed by atoms with Crippen LogP contribution in [0.1, 0.15) is 22.3 Å². The number of ether oxygens (including phenoxy) is 4. The zero-order chi connectivity index (χ0) is 24.6. The number of amides is 1. The van der Waals surface area contributed by atoms with Gasteiger partial charge in [-0.05, 0) is 58.7 Å². The van der Waals surface area contributed by atoms with E-state index < -0.39 is 0 Å². The van der Waals surface area contributed by atoms with Gasteiger partial charge in [-0.3, -0.25) is 4.79 Å². The average molecular weight is 484 g/mol.